The summed E-state index contributed by atoms with van der Waals surface area (Å²) < 4.78 is 15.4. The van der Waals surface area contributed by atoms with E-state index in [-0.39, 0.29) is 29.9 Å². The zero-order valence-electron chi connectivity index (χ0n) is 14.3. The van der Waals surface area contributed by atoms with Gasteiger partial charge in [0.25, 0.3) is 5.91 Å². The maximum atomic E-state index is 12.1. The molecule has 0 bridgehead atoms. The lowest BCUT2D eigenvalue weighted by Gasteiger charge is -2.17. The Bertz CT molecular complexity index is 565. The highest BCUT2D eigenvalue weighted by molar-refractivity contribution is 5.92. The van der Waals surface area contributed by atoms with Crippen LogP contribution in [-0.4, -0.2) is 38.7 Å². The molecule has 2 rings (SSSR count). The molecule has 1 saturated carbocycles. The zero-order valence-corrected chi connectivity index (χ0v) is 14.3. The molecule has 0 atom stereocenters. The topological polar surface area (TPSA) is 73.9 Å². The van der Waals surface area contributed by atoms with Crippen LogP contribution in [0.5, 0.6) is 11.5 Å². The Kier molecular flexibility index (Phi) is 6.90. The van der Waals surface area contributed by atoms with Crippen LogP contribution >= 0.6 is 0 Å². The molecule has 1 N–H and O–H groups in total. The van der Waals surface area contributed by atoms with Gasteiger partial charge in [-0.3, -0.25) is 4.79 Å². The fraction of sp³-hybridized carbons (Fsp3) is 0.556. The average Bonchev–Trinajstić information content (AvgIpc) is 2.87. The molecule has 0 radical (unpaired) electrons. The first-order chi connectivity index (χ1) is 11.6. The SMILES string of the molecule is COC(=O)c1ccc(OC)cc1OCC(=O)NC1CCCCCC1. The van der Waals surface area contributed by atoms with E-state index in [9.17, 15) is 9.59 Å². The first kappa shape index (κ1) is 18.1. The second-order valence-electron chi connectivity index (χ2n) is 5.90. The largest absolute Gasteiger partial charge is 0.497 e. The summed E-state index contributed by atoms with van der Waals surface area (Å²) in [6, 6.07) is 4.99. The van der Waals surface area contributed by atoms with Crippen LogP contribution < -0.4 is 14.8 Å². The van der Waals surface area contributed by atoms with Crippen LogP contribution in [0.15, 0.2) is 18.2 Å². The summed E-state index contributed by atoms with van der Waals surface area (Å²) in [6.07, 6.45) is 6.78. The maximum absolute atomic E-state index is 12.1. The van der Waals surface area contributed by atoms with Crippen LogP contribution in [0.25, 0.3) is 0 Å². The fourth-order valence-electron chi connectivity index (χ4n) is 2.86. The van der Waals surface area contributed by atoms with Crippen molar-refractivity contribution in [2.75, 3.05) is 20.8 Å². The average molecular weight is 335 g/mol. The molecule has 1 aliphatic rings. The van der Waals surface area contributed by atoms with Gasteiger partial charge < -0.3 is 19.5 Å². The minimum Gasteiger partial charge on any atom is -0.497 e. The number of carbonyl (C=O) groups excluding carboxylic acids is 2. The van der Waals surface area contributed by atoms with Gasteiger partial charge in [-0.05, 0) is 25.0 Å². The van der Waals surface area contributed by atoms with Gasteiger partial charge in [0.15, 0.2) is 6.61 Å². The highest BCUT2D eigenvalue weighted by atomic mass is 16.5. The van der Waals surface area contributed by atoms with Crippen LogP contribution in [0.3, 0.4) is 0 Å². The number of ether oxygens (including phenoxy) is 3. The number of rotatable bonds is 6. The van der Waals surface area contributed by atoms with E-state index in [0.717, 1.165) is 25.7 Å². The molecule has 0 spiro atoms. The van der Waals surface area contributed by atoms with E-state index in [1.165, 1.54) is 27.1 Å². The van der Waals surface area contributed by atoms with Crippen molar-refractivity contribution in [3.05, 3.63) is 23.8 Å². The summed E-state index contributed by atoms with van der Waals surface area (Å²) >= 11 is 0. The number of hydrogen-bond acceptors (Lipinski definition) is 5. The van der Waals surface area contributed by atoms with E-state index >= 15 is 0 Å². The second kappa shape index (κ2) is 9.15. The van der Waals surface area contributed by atoms with Crippen molar-refractivity contribution in [2.45, 2.75) is 44.6 Å². The Morgan fingerprint density at radius 2 is 1.83 bits per heavy atom. The van der Waals surface area contributed by atoms with Crippen LogP contribution in [0.4, 0.5) is 0 Å². The van der Waals surface area contributed by atoms with Crippen molar-refractivity contribution in [1.82, 2.24) is 5.32 Å². The lowest BCUT2D eigenvalue weighted by atomic mass is 10.1. The zero-order chi connectivity index (χ0) is 17.4. The minimum atomic E-state index is -0.517. The molecule has 1 aromatic rings. The molecule has 1 aliphatic carbocycles. The van der Waals surface area contributed by atoms with Gasteiger partial charge in [0.2, 0.25) is 0 Å². The first-order valence-electron chi connectivity index (χ1n) is 8.32. The number of nitrogens with one attached hydrogen (secondary N) is 1. The normalized spacial score (nSPS) is 15.2. The van der Waals surface area contributed by atoms with Crippen molar-refractivity contribution >= 4 is 11.9 Å². The molecule has 0 saturated heterocycles. The van der Waals surface area contributed by atoms with E-state index in [1.807, 2.05) is 0 Å². The van der Waals surface area contributed by atoms with Gasteiger partial charge in [-0.25, -0.2) is 4.79 Å². The molecule has 0 aliphatic heterocycles. The Morgan fingerprint density at radius 3 is 2.46 bits per heavy atom. The molecule has 0 heterocycles. The van der Waals surface area contributed by atoms with Crippen molar-refractivity contribution in [2.24, 2.45) is 0 Å². The molecule has 0 unspecified atom stereocenters. The van der Waals surface area contributed by atoms with E-state index in [0.29, 0.717) is 5.75 Å². The molecule has 24 heavy (non-hydrogen) atoms. The van der Waals surface area contributed by atoms with Crippen LogP contribution in [0.1, 0.15) is 48.9 Å². The number of methoxy groups -OCH3 is 2. The summed E-state index contributed by atoms with van der Waals surface area (Å²) in [6.45, 7) is -0.145. The third kappa shape index (κ3) is 5.15. The number of carbonyl (C=O) groups is 2. The molecule has 1 fully saturated rings. The molecular formula is C18H25NO5. The lowest BCUT2D eigenvalue weighted by Crippen LogP contribution is -2.37. The van der Waals surface area contributed by atoms with E-state index in [2.05, 4.69) is 5.32 Å². The summed E-state index contributed by atoms with van der Waals surface area (Å²) in [7, 11) is 2.82. The Balaban J connectivity index is 1.96. The van der Waals surface area contributed by atoms with Gasteiger partial charge in [-0.2, -0.15) is 0 Å². The molecule has 1 amide bonds. The quantitative estimate of drug-likeness (QED) is 0.639. The first-order valence-corrected chi connectivity index (χ1v) is 8.32. The van der Waals surface area contributed by atoms with Crippen LogP contribution in [-0.2, 0) is 9.53 Å². The van der Waals surface area contributed by atoms with Crippen LogP contribution in [0.2, 0.25) is 0 Å². The van der Waals surface area contributed by atoms with Crippen molar-refractivity contribution in [1.29, 1.82) is 0 Å². The number of hydrogen-bond donors (Lipinski definition) is 1. The minimum absolute atomic E-state index is 0.145. The number of esters is 1. The summed E-state index contributed by atoms with van der Waals surface area (Å²) in [5.41, 5.74) is 0.264. The number of amides is 1. The summed E-state index contributed by atoms with van der Waals surface area (Å²) in [5.74, 6) is 0.122. The van der Waals surface area contributed by atoms with Gasteiger partial charge in [0, 0.05) is 12.1 Å². The van der Waals surface area contributed by atoms with Crippen molar-refractivity contribution in [3.63, 3.8) is 0 Å². The highest BCUT2D eigenvalue weighted by Gasteiger charge is 2.18. The fourth-order valence-corrected chi connectivity index (χ4v) is 2.86. The molecule has 0 aromatic heterocycles. The van der Waals surface area contributed by atoms with Crippen LogP contribution in [0, 0.1) is 0 Å². The standard InChI is InChI=1S/C18H25NO5/c1-22-14-9-10-15(18(21)23-2)16(11-14)24-12-17(20)19-13-7-5-3-4-6-8-13/h9-11,13H,3-8,12H2,1-2H3,(H,19,20). The lowest BCUT2D eigenvalue weighted by molar-refractivity contribution is -0.123. The van der Waals surface area contributed by atoms with E-state index in [1.54, 1.807) is 18.2 Å². The van der Waals surface area contributed by atoms with E-state index < -0.39 is 5.97 Å². The van der Waals surface area contributed by atoms with Gasteiger partial charge in [0.05, 0.1) is 14.2 Å². The predicted octanol–water partition coefficient (Wildman–Crippen LogP) is 2.70. The molecule has 1 aromatic carbocycles. The third-order valence-electron chi connectivity index (χ3n) is 4.17. The Hall–Kier alpha value is -2.24. The Labute approximate surface area is 142 Å². The van der Waals surface area contributed by atoms with Gasteiger partial charge in [-0.15, -0.1) is 0 Å². The highest BCUT2D eigenvalue weighted by Crippen LogP contribution is 2.25. The third-order valence-corrected chi connectivity index (χ3v) is 4.17. The second-order valence-corrected chi connectivity index (χ2v) is 5.90. The van der Waals surface area contributed by atoms with Crippen molar-refractivity contribution < 1.29 is 23.8 Å². The van der Waals surface area contributed by atoms with Gasteiger partial charge in [-0.1, -0.05) is 25.7 Å². The molecule has 132 valence electrons. The predicted molar refractivity (Wildman–Crippen MR) is 89.5 cm³/mol. The summed E-state index contributed by atoms with van der Waals surface area (Å²) in [5, 5.41) is 3.01. The van der Waals surface area contributed by atoms with Gasteiger partial charge in [0.1, 0.15) is 17.1 Å². The van der Waals surface area contributed by atoms with Crippen molar-refractivity contribution in [3.8, 4) is 11.5 Å². The maximum Gasteiger partial charge on any atom is 0.341 e. The molecular weight excluding hydrogens is 310 g/mol. The van der Waals surface area contributed by atoms with Gasteiger partial charge >= 0.3 is 5.97 Å². The van der Waals surface area contributed by atoms with E-state index in [4.69, 9.17) is 14.2 Å². The smallest absolute Gasteiger partial charge is 0.341 e. The Morgan fingerprint density at radius 1 is 1.12 bits per heavy atom. The molecule has 6 nitrogen and oxygen atoms in total. The summed E-state index contributed by atoms with van der Waals surface area (Å²) in [4.78, 5) is 23.9. The molecule has 6 heteroatoms. The number of benzene rings is 1. The monoisotopic (exact) mass is 335 g/mol.